The Kier molecular flexibility index (Phi) is 4.59. The minimum atomic E-state index is 0.376. The minimum Gasteiger partial charge on any atom is -0.325 e. The van der Waals surface area contributed by atoms with Gasteiger partial charge in [-0.1, -0.05) is 38.0 Å². The standard InChI is InChI=1S/C14H22N4/c1-11-7-5-6-10-13(11)17-14(18-15)16-12-8-3-2-4-9-12/h2-4,8-9,11,13H,5-7,10,15H2,1H3,(H2,16,17,18). The lowest BCUT2D eigenvalue weighted by atomic mass is 9.86. The summed E-state index contributed by atoms with van der Waals surface area (Å²) in [7, 11) is 0. The van der Waals surface area contributed by atoms with Crippen molar-refractivity contribution in [3.05, 3.63) is 30.3 Å². The Balaban J connectivity index is 2.03. The fraction of sp³-hybridized carbons (Fsp3) is 0.500. The molecule has 0 saturated heterocycles. The van der Waals surface area contributed by atoms with Crippen LogP contribution in [0.15, 0.2) is 35.3 Å². The van der Waals surface area contributed by atoms with Crippen molar-refractivity contribution in [1.82, 2.24) is 5.43 Å². The molecule has 18 heavy (non-hydrogen) atoms. The van der Waals surface area contributed by atoms with Crippen molar-refractivity contribution in [2.75, 3.05) is 5.32 Å². The first-order chi connectivity index (χ1) is 8.79. The van der Waals surface area contributed by atoms with Gasteiger partial charge in [-0.05, 0) is 30.9 Å². The fourth-order valence-electron chi connectivity index (χ4n) is 2.42. The molecule has 0 aliphatic heterocycles. The third-order valence-electron chi connectivity index (χ3n) is 3.53. The van der Waals surface area contributed by atoms with Gasteiger partial charge in [0.15, 0.2) is 0 Å². The summed E-state index contributed by atoms with van der Waals surface area (Å²) < 4.78 is 0. The van der Waals surface area contributed by atoms with Crippen molar-refractivity contribution in [3.8, 4) is 0 Å². The molecule has 1 aromatic carbocycles. The zero-order valence-corrected chi connectivity index (χ0v) is 10.9. The maximum Gasteiger partial charge on any atom is 0.210 e. The van der Waals surface area contributed by atoms with Gasteiger partial charge in [-0.25, -0.2) is 10.8 Å². The number of rotatable bonds is 2. The molecular weight excluding hydrogens is 224 g/mol. The van der Waals surface area contributed by atoms with Crippen LogP contribution in [-0.4, -0.2) is 12.0 Å². The van der Waals surface area contributed by atoms with Gasteiger partial charge in [0.2, 0.25) is 5.96 Å². The third kappa shape index (κ3) is 3.47. The number of hydrogen-bond acceptors (Lipinski definition) is 2. The number of nitrogens with one attached hydrogen (secondary N) is 2. The van der Waals surface area contributed by atoms with Crippen LogP contribution in [0.4, 0.5) is 5.69 Å². The van der Waals surface area contributed by atoms with Crippen molar-refractivity contribution in [1.29, 1.82) is 0 Å². The molecule has 1 saturated carbocycles. The first kappa shape index (κ1) is 12.9. The van der Waals surface area contributed by atoms with E-state index in [1.54, 1.807) is 0 Å². The van der Waals surface area contributed by atoms with E-state index in [1.165, 1.54) is 19.3 Å². The first-order valence-corrected chi connectivity index (χ1v) is 6.66. The van der Waals surface area contributed by atoms with Crippen LogP contribution in [0.3, 0.4) is 0 Å². The molecule has 2 unspecified atom stereocenters. The SMILES string of the molecule is CC1CCCCC1N=C(NN)Nc1ccccc1. The van der Waals surface area contributed by atoms with Gasteiger partial charge in [0.1, 0.15) is 0 Å². The molecule has 4 N–H and O–H groups in total. The van der Waals surface area contributed by atoms with E-state index in [9.17, 15) is 0 Å². The Bertz CT molecular complexity index is 388. The smallest absolute Gasteiger partial charge is 0.210 e. The molecule has 0 aromatic heterocycles. The number of nitrogens with zero attached hydrogens (tertiary/aromatic N) is 1. The molecule has 4 heteroatoms. The second-order valence-electron chi connectivity index (χ2n) is 4.94. The lowest BCUT2D eigenvalue weighted by Gasteiger charge is -2.26. The third-order valence-corrected chi connectivity index (χ3v) is 3.53. The van der Waals surface area contributed by atoms with Gasteiger partial charge in [0.25, 0.3) is 0 Å². The Hall–Kier alpha value is -1.55. The molecule has 1 fully saturated rings. The summed E-state index contributed by atoms with van der Waals surface area (Å²) in [5, 5.41) is 3.21. The molecule has 0 radical (unpaired) electrons. The highest BCUT2D eigenvalue weighted by Gasteiger charge is 2.20. The molecule has 0 spiro atoms. The largest absolute Gasteiger partial charge is 0.325 e. The Morgan fingerprint density at radius 2 is 1.94 bits per heavy atom. The fourth-order valence-corrected chi connectivity index (χ4v) is 2.42. The summed E-state index contributed by atoms with van der Waals surface area (Å²) in [6.07, 6.45) is 5.01. The number of guanidine groups is 1. The van der Waals surface area contributed by atoms with Gasteiger partial charge in [0.05, 0.1) is 6.04 Å². The monoisotopic (exact) mass is 246 g/mol. The van der Waals surface area contributed by atoms with Crippen molar-refractivity contribution < 1.29 is 0 Å². The minimum absolute atomic E-state index is 0.376. The molecule has 0 amide bonds. The number of anilines is 1. The van der Waals surface area contributed by atoms with Crippen LogP contribution >= 0.6 is 0 Å². The van der Waals surface area contributed by atoms with E-state index < -0.39 is 0 Å². The number of hydrogen-bond donors (Lipinski definition) is 3. The van der Waals surface area contributed by atoms with Crippen molar-refractivity contribution in [2.24, 2.45) is 16.8 Å². The molecule has 2 rings (SSSR count). The van der Waals surface area contributed by atoms with Crippen molar-refractivity contribution >= 4 is 11.6 Å². The Labute approximate surface area is 109 Å². The van der Waals surface area contributed by atoms with E-state index in [-0.39, 0.29) is 0 Å². The van der Waals surface area contributed by atoms with E-state index in [0.29, 0.717) is 17.9 Å². The topological polar surface area (TPSA) is 62.4 Å². The lowest BCUT2D eigenvalue weighted by Crippen LogP contribution is -2.38. The van der Waals surface area contributed by atoms with E-state index in [0.717, 1.165) is 12.1 Å². The van der Waals surface area contributed by atoms with Crippen LogP contribution in [0.2, 0.25) is 0 Å². The molecule has 1 aliphatic rings. The zero-order chi connectivity index (χ0) is 12.8. The molecule has 1 aliphatic carbocycles. The summed E-state index contributed by atoms with van der Waals surface area (Å²) >= 11 is 0. The summed E-state index contributed by atoms with van der Waals surface area (Å²) in [5.41, 5.74) is 3.66. The summed E-state index contributed by atoms with van der Waals surface area (Å²) in [6, 6.07) is 10.3. The number of aliphatic imine (C=N–C) groups is 1. The normalized spacial score (nSPS) is 24.7. The van der Waals surface area contributed by atoms with Gasteiger partial charge in [-0.3, -0.25) is 5.43 Å². The lowest BCUT2D eigenvalue weighted by molar-refractivity contribution is 0.332. The van der Waals surface area contributed by atoms with Gasteiger partial charge < -0.3 is 5.32 Å². The predicted octanol–water partition coefficient (Wildman–Crippen LogP) is 2.50. The number of para-hydroxylation sites is 1. The summed E-state index contributed by atoms with van der Waals surface area (Å²) in [5.74, 6) is 6.83. The first-order valence-electron chi connectivity index (χ1n) is 6.66. The molecule has 1 aromatic rings. The quantitative estimate of drug-likeness (QED) is 0.325. The Morgan fingerprint density at radius 3 is 2.61 bits per heavy atom. The van der Waals surface area contributed by atoms with Crippen LogP contribution in [-0.2, 0) is 0 Å². The van der Waals surface area contributed by atoms with E-state index in [1.807, 2.05) is 30.3 Å². The second-order valence-corrected chi connectivity index (χ2v) is 4.94. The molecule has 98 valence electrons. The highest BCUT2D eigenvalue weighted by molar-refractivity contribution is 5.93. The van der Waals surface area contributed by atoms with E-state index in [4.69, 9.17) is 10.8 Å². The average molecular weight is 246 g/mol. The summed E-state index contributed by atoms with van der Waals surface area (Å²) in [4.78, 5) is 4.70. The van der Waals surface area contributed by atoms with Crippen molar-refractivity contribution in [3.63, 3.8) is 0 Å². The highest BCUT2D eigenvalue weighted by atomic mass is 15.3. The number of nitrogens with two attached hydrogens (primary N) is 1. The molecular formula is C14H22N4. The van der Waals surface area contributed by atoms with Crippen molar-refractivity contribution in [2.45, 2.75) is 38.6 Å². The van der Waals surface area contributed by atoms with Gasteiger partial charge >= 0.3 is 0 Å². The number of hydrazine groups is 1. The van der Waals surface area contributed by atoms with Gasteiger partial charge in [0, 0.05) is 5.69 Å². The van der Waals surface area contributed by atoms with Crippen LogP contribution < -0.4 is 16.6 Å². The second kappa shape index (κ2) is 6.40. The van der Waals surface area contributed by atoms with E-state index >= 15 is 0 Å². The van der Waals surface area contributed by atoms with Crippen LogP contribution in [0.1, 0.15) is 32.6 Å². The maximum absolute atomic E-state index is 5.54. The van der Waals surface area contributed by atoms with Crippen LogP contribution in [0.25, 0.3) is 0 Å². The summed E-state index contributed by atoms with van der Waals surface area (Å²) in [6.45, 7) is 2.27. The number of benzene rings is 1. The molecule has 4 nitrogen and oxygen atoms in total. The van der Waals surface area contributed by atoms with Gasteiger partial charge in [-0.2, -0.15) is 0 Å². The molecule has 0 bridgehead atoms. The van der Waals surface area contributed by atoms with Crippen LogP contribution in [0.5, 0.6) is 0 Å². The molecule has 2 atom stereocenters. The highest BCUT2D eigenvalue weighted by Crippen LogP contribution is 2.26. The zero-order valence-electron chi connectivity index (χ0n) is 10.9. The predicted molar refractivity (Wildman–Crippen MR) is 76.2 cm³/mol. The van der Waals surface area contributed by atoms with Gasteiger partial charge in [-0.15, -0.1) is 0 Å². The average Bonchev–Trinajstić information content (AvgIpc) is 2.41. The Morgan fingerprint density at radius 1 is 1.22 bits per heavy atom. The van der Waals surface area contributed by atoms with E-state index in [2.05, 4.69) is 17.7 Å². The molecule has 0 heterocycles. The van der Waals surface area contributed by atoms with Crippen LogP contribution in [0, 0.1) is 5.92 Å². The maximum atomic E-state index is 5.54.